The summed E-state index contributed by atoms with van der Waals surface area (Å²) in [6.07, 6.45) is 10.3. The number of thioether (sulfide) groups is 1. The van der Waals surface area contributed by atoms with Gasteiger partial charge in [0.05, 0.1) is 31.1 Å². The van der Waals surface area contributed by atoms with Crippen LogP contribution < -0.4 is 5.32 Å². The standard InChI is InChI=1S/C25H33N7OS/c33-24(27-22-13-14-26-32(22)21-11-5-6-12-21)19-34-25-29-28-23(18-30-15-7-2-8-16-30)31(25)17-20-9-3-1-4-10-20/h1,3-4,9-10,13-14,21H,2,5-8,11-12,15-19H2,(H,27,33). The first-order valence-electron chi connectivity index (χ1n) is 12.4. The van der Waals surface area contributed by atoms with Crippen molar-refractivity contribution in [1.82, 2.24) is 29.4 Å². The molecule has 3 heterocycles. The van der Waals surface area contributed by atoms with Gasteiger partial charge in [-0.25, -0.2) is 4.68 Å². The van der Waals surface area contributed by atoms with Crippen molar-refractivity contribution in [3.8, 4) is 0 Å². The van der Waals surface area contributed by atoms with E-state index in [4.69, 9.17) is 0 Å². The number of hydrogen-bond acceptors (Lipinski definition) is 6. The van der Waals surface area contributed by atoms with Gasteiger partial charge in [-0.3, -0.25) is 9.69 Å². The Morgan fingerprint density at radius 3 is 2.56 bits per heavy atom. The molecule has 0 bridgehead atoms. The van der Waals surface area contributed by atoms with E-state index >= 15 is 0 Å². The maximum Gasteiger partial charge on any atom is 0.235 e. The Labute approximate surface area is 205 Å². The monoisotopic (exact) mass is 479 g/mol. The van der Waals surface area contributed by atoms with Crippen LogP contribution in [0.2, 0.25) is 0 Å². The lowest BCUT2D eigenvalue weighted by Gasteiger charge is -2.26. The van der Waals surface area contributed by atoms with E-state index in [1.807, 2.05) is 16.8 Å². The molecule has 1 N–H and O–H groups in total. The topological polar surface area (TPSA) is 80.9 Å². The van der Waals surface area contributed by atoms with Crippen LogP contribution in [-0.4, -0.2) is 54.2 Å². The van der Waals surface area contributed by atoms with Crippen molar-refractivity contribution in [1.29, 1.82) is 0 Å². The first-order valence-corrected chi connectivity index (χ1v) is 13.4. The molecule has 1 saturated carbocycles. The van der Waals surface area contributed by atoms with E-state index in [9.17, 15) is 4.79 Å². The molecule has 1 aromatic carbocycles. The Kier molecular flexibility index (Phi) is 7.60. The Balaban J connectivity index is 1.26. The van der Waals surface area contributed by atoms with Crippen molar-refractivity contribution in [2.24, 2.45) is 0 Å². The minimum atomic E-state index is -0.0448. The third-order valence-corrected chi connectivity index (χ3v) is 7.70. The summed E-state index contributed by atoms with van der Waals surface area (Å²) in [7, 11) is 0. The molecule has 34 heavy (non-hydrogen) atoms. The van der Waals surface area contributed by atoms with Crippen LogP contribution >= 0.6 is 11.8 Å². The predicted molar refractivity (Wildman–Crippen MR) is 134 cm³/mol. The Morgan fingerprint density at radius 1 is 0.971 bits per heavy atom. The van der Waals surface area contributed by atoms with Crippen molar-refractivity contribution in [3.05, 3.63) is 54.0 Å². The van der Waals surface area contributed by atoms with Crippen LogP contribution in [0.5, 0.6) is 0 Å². The van der Waals surface area contributed by atoms with Gasteiger partial charge in [0, 0.05) is 6.07 Å². The molecular weight excluding hydrogens is 446 g/mol. The van der Waals surface area contributed by atoms with Crippen LogP contribution in [0.4, 0.5) is 5.82 Å². The molecule has 2 aromatic heterocycles. The lowest BCUT2D eigenvalue weighted by atomic mass is 10.1. The summed E-state index contributed by atoms with van der Waals surface area (Å²) in [6, 6.07) is 12.7. The average molecular weight is 480 g/mol. The first kappa shape index (κ1) is 23.1. The van der Waals surface area contributed by atoms with Gasteiger partial charge < -0.3 is 9.88 Å². The molecule has 2 fully saturated rings. The Bertz CT molecular complexity index is 1070. The second-order valence-electron chi connectivity index (χ2n) is 9.24. The number of aromatic nitrogens is 5. The van der Waals surface area contributed by atoms with E-state index in [2.05, 4.69) is 54.3 Å². The minimum absolute atomic E-state index is 0.0448. The third kappa shape index (κ3) is 5.70. The van der Waals surface area contributed by atoms with E-state index in [0.29, 0.717) is 12.6 Å². The number of hydrogen-bond donors (Lipinski definition) is 1. The summed E-state index contributed by atoms with van der Waals surface area (Å²) in [5.74, 6) is 1.99. The molecule has 0 spiro atoms. The summed E-state index contributed by atoms with van der Waals surface area (Å²) < 4.78 is 4.15. The average Bonchev–Trinajstić information content (AvgIpc) is 3.62. The van der Waals surface area contributed by atoms with Crippen LogP contribution in [0.3, 0.4) is 0 Å². The number of rotatable bonds is 9. The number of piperidine rings is 1. The molecule has 5 rings (SSSR count). The number of anilines is 1. The van der Waals surface area contributed by atoms with Gasteiger partial charge in [0.15, 0.2) is 5.16 Å². The fourth-order valence-corrected chi connectivity index (χ4v) is 5.70. The number of likely N-dealkylation sites (tertiary alicyclic amines) is 1. The summed E-state index contributed by atoms with van der Waals surface area (Å²) >= 11 is 1.45. The van der Waals surface area contributed by atoms with Crippen molar-refractivity contribution in [3.63, 3.8) is 0 Å². The normalized spacial score (nSPS) is 17.3. The zero-order valence-corrected chi connectivity index (χ0v) is 20.4. The Hall–Kier alpha value is -2.65. The highest BCUT2D eigenvalue weighted by Crippen LogP contribution is 2.31. The molecule has 8 nitrogen and oxygen atoms in total. The summed E-state index contributed by atoms with van der Waals surface area (Å²) in [5.41, 5.74) is 1.20. The summed E-state index contributed by atoms with van der Waals surface area (Å²) in [5, 5.41) is 17.3. The van der Waals surface area contributed by atoms with Gasteiger partial charge in [0.25, 0.3) is 0 Å². The molecule has 1 aliphatic heterocycles. The van der Waals surface area contributed by atoms with Gasteiger partial charge in [-0.05, 0) is 44.3 Å². The zero-order valence-electron chi connectivity index (χ0n) is 19.6. The number of benzene rings is 1. The molecule has 9 heteroatoms. The van der Waals surface area contributed by atoms with Crippen molar-refractivity contribution in [2.75, 3.05) is 24.2 Å². The van der Waals surface area contributed by atoms with E-state index < -0.39 is 0 Å². The van der Waals surface area contributed by atoms with Crippen LogP contribution in [0.25, 0.3) is 0 Å². The molecule has 3 aromatic rings. The SMILES string of the molecule is O=C(CSc1nnc(CN2CCCCC2)n1Cc1ccccc1)Nc1ccnn1C1CCCC1. The van der Waals surface area contributed by atoms with Gasteiger partial charge in [0.1, 0.15) is 11.6 Å². The molecule has 0 radical (unpaired) electrons. The van der Waals surface area contributed by atoms with Gasteiger partial charge in [-0.15, -0.1) is 10.2 Å². The number of carbonyl (C=O) groups excluding carboxylic acids is 1. The van der Waals surface area contributed by atoms with Crippen molar-refractivity contribution in [2.45, 2.75) is 69.2 Å². The van der Waals surface area contributed by atoms with Crippen LogP contribution in [0.15, 0.2) is 47.8 Å². The van der Waals surface area contributed by atoms with Crippen LogP contribution in [0, 0.1) is 0 Å². The quantitative estimate of drug-likeness (QED) is 0.460. The second kappa shape index (κ2) is 11.2. The van der Waals surface area contributed by atoms with E-state index in [1.165, 1.54) is 49.4 Å². The molecule has 0 unspecified atom stereocenters. The molecule has 2 aliphatic rings. The molecule has 1 amide bonds. The van der Waals surface area contributed by atoms with Crippen molar-refractivity contribution >= 4 is 23.5 Å². The highest BCUT2D eigenvalue weighted by molar-refractivity contribution is 7.99. The van der Waals surface area contributed by atoms with E-state index in [-0.39, 0.29) is 11.7 Å². The lowest BCUT2D eigenvalue weighted by Crippen LogP contribution is -2.30. The maximum absolute atomic E-state index is 12.8. The fourth-order valence-electron chi connectivity index (χ4n) is 4.95. The molecule has 180 valence electrons. The zero-order chi connectivity index (χ0) is 23.2. The second-order valence-corrected chi connectivity index (χ2v) is 10.2. The molecular formula is C25H33N7OS. The van der Waals surface area contributed by atoms with Gasteiger partial charge in [-0.1, -0.05) is 61.4 Å². The maximum atomic E-state index is 12.8. The largest absolute Gasteiger partial charge is 0.310 e. The highest BCUT2D eigenvalue weighted by Gasteiger charge is 2.22. The minimum Gasteiger partial charge on any atom is -0.310 e. The van der Waals surface area contributed by atoms with E-state index in [0.717, 1.165) is 49.3 Å². The lowest BCUT2D eigenvalue weighted by molar-refractivity contribution is -0.113. The summed E-state index contributed by atoms with van der Waals surface area (Å²) in [6.45, 7) is 3.72. The van der Waals surface area contributed by atoms with Crippen LogP contribution in [-0.2, 0) is 17.9 Å². The van der Waals surface area contributed by atoms with Gasteiger partial charge in [-0.2, -0.15) is 5.10 Å². The number of carbonyl (C=O) groups is 1. The number of nitrogens with zero attached hydrogens (tertiary/aromatic N) is 6. The molecule has 0 atom stereocenters. The van der Waals surface area contributed by atoms with Gasteiger partial charge in [0.2, 0.25) is 5.91 Å². The number of nitrogens with one attached hydrogen (secondary N) is 1. The first-order chi connectivity index (χ1) is 16.8. The highest BCUT2D eigenvalue weighted by atomic mass is 32.2. The molecule has 1 aliphatic carbocycles. The third-order valence-electron chi connectivity index (χ3n) is 6.73. The van der Waals surface area contributed by atoms with Crippen LogP contribution in [0.1, 0.15) is 62.4 Å². The smallest absolute Gasteiger partial charge is 0.235 e. The van der Waals surface area contributed by atoms with E-state index in [1.54, 1.807) is 6.20 Å². The Morgan fingerprint density at radius 2 is 1.76 bits per heavy atom. The fraction of sp³-hybridized carbons (Fsp3) is 0.520. The predicted octanol–water partition coefficient (Wildman–Crippen LogP) is 4.35. The van der Waals surface area contributed by atoms with Gasteiger partial charge >= 0.3 is 0 Å². The molecule has 1 saturated heterocycles. The number of amides is 1. The summed E-state index contributed by atoms with van der Waals surface area (Å²) in [4.78, 5) is 15.3. The van der Waals surface area contributed by atoms with Crippen molar-refractivity contribution < 1.29 is 4.79 Å².